The summed E-state index contributed by atoms with van der Waals surface area (Å²) in [6.07, 6.45) is 6.61. The highest BCUT2D eigenvalue weighted by atomic mass is 16.3. The maximum atomic E-state index is 9.86. The molecule has 0 saturated heterocycles. The third-order valence-corrected chi connectivity index (χ3v) is 2.20. The van der Waals surface area contributed by atoms with Gasteiger partial charge < -0.3 is 14.1 Å². The van der Waals surface area contributed by atoms with Crippen LogP contribution in [0.4, 0.5) is 0 Å². The summed E-state index contributed by atoms with van der Waals surface area (Å²) in [6, 6.07) is 1.85. The van der Waals surface area contributed by atoms with Crippen LogP contribution in [0.2, 0.25) is 0 Å². The van der Waals surface area contributed by atoms with Crippen molar-refractivity contribution in [3.05, 3.63) is 42.4 Å². The van der Waals surface area contributed by atoms with Crippen LogP contribution in [0.5, 0.6) is 0 Å². The van der Waals surface area contributed by atoms with Gasteiger partial charge in [-0.15, -0.1) is 0 Å². The molecule has 4 nitrogen and oxygen atoms in total. The van der Waals surface area contributed by atoms with Gasteiger partial charge >= 0.3 is 0 Å². The second kappa shape index (κ2) is 3.67. The summed E-state index contributed by atoms with van der Waals surface area (Å²) in [5.74, 6) is 0. The molecule has 0 amide bonds. The molecule has 74 valence electrons. The van der Waals surface area contributed by atoms with E-state index < -0.39 is 6.10 Å². The number of hydrogen-bond acceptors (Lipinski definition) is 3. The molecule has 1 unspecified atom stereocenters. The van der Waals surface area contributed by atoms with Crippen LogP contribution in [0.15, 0.2) is 35.5 Å². The van der Waals surface area contributed by atoms with Crippen LogP contribution >= 0.6 is 0 Å². The SMILES string of the molecule is Cn1cncc1C(O)Cc1ccoc1. The first-order chi connectivity index (χ1) is 6.77. The first kappa shape index (κ1) is 9.02. The molecule has 0 aliphatic carbocycles. The summed E-state index contributed by atoms with van der Waals surface area (Å²) in [5.41, 5.74) is 1.80. The first-order valence-corrected chi connectivity index (χ1v) is 4.42. The van der Waals surface area contributed by atoms with Gasteiger partial charge in [-0.1, -0.05) is 0 Å². The Morgan fingerprint density at radius 3 is 3.07 bits per heavy atom. The lowest BCUT2D eigenvalue weighted by Gasteiger charge is -2.09. The monoisotopic (exact) mass is 192 g/mol. The van der Waals surface area contributed by atoms with Gasteiger partial charge in [0.15, 0.2) is 0 Å². The lowest BCUT2D eigenvalue weighted by atomic mass is 10.1. The number of aromatic nitrogens is 2. The topological polar surface area (TPSA) is 51.2 Å². The normalized spacial score (nSPS) is 13.0. The summed E-state index contributed by atoms with van der Waals surface area (Å²) in [6.45, 7) is 0. The number of hydrogen-bond donors (Lipinski definition) is 1. The van der Waals surface area contributed by atoms with Gasteiger partial charge in [0.25, 0.3) is 0 Å². The fourth-order valence-electron chi connectivity index (χ4n) is 1.43. The molecule has 1 atom stereocenters. The second-order valence-corrected chi connectivity index (χ2v) is 3.28. The van der Waals surface area contributed by atoms with Gasteiger partial charge in [-0.05, 0) is 11.6 Å². The molecule has 14 heavy (non-hydrogen) atoms. The Morgan fingerprint density at radius 2 is 2.50 bits per heavy atom. The predicted molar refractivity (Wildman–Crippen MR) is 50.6 cm³/mol. The van der Waals surface area contributed by atoms with Crippen molar-refractivity contribution in [2.24, 2.45) is 7.05 Å². The molecule has 2 aromatic rings. The molecular formula is C10H12N2O2. The van der Waals surface area contributed by atoms with Crippen LogP contribution in [0, 0.1) is 0 Å². The summed E-state index contributed by atoms with van der Waals surface area (Å²) in [7, 11) is 1.86. The van der Waals surface area contributed by atoms with Crippen molar-refractivity contribution in [1.82, 2.24) is 9.55 Å². The van der Waals surface area contributed by atoms with Crippen molar-refractivity contribution in [1.29, 1.82) is 0 Å². The molecular weight excluding hydrogens is 180 g/mol. The van der Waals surface area contributed by atoms with Crippen LogP contribution < -0.4 is 0 Å². The fourth-order valence-corrected chi connectivity index (χ4v) is 1.43. The minimum Gasteiger partial charge on any atom is -0.472 e. The van der Waals surface area contributed by atoms with E-state index in [0.717, 1.165) is 11.3 Å². The molecule has 0 aliphatic rings. The molecule has 0 aromatic carbocycles. The van der Waals surface area contributed by atoms with Crippen molar-refractivity contribution in [3.8, 4) is 0 Å². The van der Waals surface area contributed by atoms with Gasteiger partial charge in [0, 0.05) is 13.5 Å². The second-order valence-electron chi connectivity index (χ2n) is 3.28. The van der Waals surface area contributed by atoms with Gasteiger partial charge in [-0.3, -0.25) is 0 Å². The number of rotatable bonds is 3. The number of furan rings is 1. The smallest absolute Gasteiger partial charge is 0.0997 e. The van der Waals surface area contributed by atoms with E-state index in [1.54, 1.807) is 25.1 Å². The Hall–Kier alpha value is -1.55. The molecule has 2 heterocycles. The van der Waals surface area contributed by atoms with Gasteiger partial charge in [0.1, 0.15) is 0 Å². The third kappa shape index (κ3) is 1.70. The van der Waals surface area contributed by atoms with Crippen LogP contribution in [0.3, 0.4) is 0 Å². The Labute approximate surface area is 81.8 Å². The van der Waals surface area contributed by atoms with Crippen molar-refractivity contribution < 1.29 is 9.52 Å². The summed E-state index contributed by atoms with van der Waals surface area (Å²) >= 11 is 0. The van der Waals surface area contributed by atoms with Gasteiger partial charge in [-0.25, -0.2) is 4.98 Å². The standard InChI is InChI=1S/C10H12N2O2/c1-12-7-11-5-9(12)10(13)4-8-2-3-14-6-8/h2-3,5-7,10,13H,4H2,1H3. The average Bonchev–Trinajstić information content (AvgIpc) is 2.75. The quantitative estimate of drug-likeness (QED) is 0.797. The zero-order valence-electron chi connectivity index (χ0n) is 7.92. The number of aryl methyl sites for hydroxylation is 1. The lowest BCUT2D eigenvalue weighted by molar-refractivity contribution is 0.170. The van der Waals surface area contributed by atoms with Crippen LogP contribution in [-0.4, -0.2) is 14.7 Å². The van der Waals surface area contributed by atoms with E-state index in [0.29, 0.717) is 6.42 Å². The Bertz CT molecular complexity index is 392. The van der Waals surface area contributed by atoms with Crippen molar-refractivity contribution in [2.45, 2.75) is 12.5 Å². The highest BCUT2D eigenvalue weighted by molar-refractivity contribution is 5.11. The minimum atomic E-state index is -0.528. The highest BCUT2D eigenvalue weighted by Crippen LogP contribution is 2.17. The minimum absolute atomic E-state index is 0.528. The fraction of sp³-hybridized carbons (Fsp3) is 0.300. The number of nitrogens with zero attached hydrogens (tertiary/aromatic N) is 2. The van der Waals surface area contributed by atoms with E-state index in [-0.39, 0.29) is 0 Å². The number of imidazole rings is 1. The van der Waals surface area contributed by atoms with E-state index >= 15 is 0 Å². The van der Waals surface area contributed by atoms with E-state index in [1.165, 1.54) is 0 Å². The number of aliphatic hydroxyl groups is 1. The van der Waals surface area contributed by atoms with Crippen LogP contribution in [0.1, 0.15) is 17.4 Å². The molecule has 0 aliphatic heterocycles. The molecule has 2 rings (SSSR count). The molecule has 0 spiro atoms. The Kier molecular flexibility index (Phi) is 2.37. The van der Waals surface area contributed by atoms with E-state index in [4.69, 9.17) is 4.42 Å². The lowest BCUT2D eigenvalue weighted by Crippen LogP contribution is -2.05. The van der Waals surface area contributed by atoms with Crippen molar-refractivity contribution in [2.75, 3.05) is 0 Å². The summed E-state index contributed by atoms with van der Waals surface area (Å²) < 4.78 is 6.74. The molecule has 0 bridgehead atoms. The largest absolute Gasteiger partial charge is 0.472 e. The molecule has 0 radical (unpaired) electrons. The molecule has 0 fully saturated rings. The zero-order valence-corrected chi connectivity index (χ0v) is 7.92. The zero-order chi connectivity index (χ0) is 9.97. The van der Waals surface area contributed by atoms with E-state index in [2.05, 4.69) is 4.98 Å². The van der Waals surface area contributed by atoms with Crippen molar-refractivity contribution in [3.63, 3.8) is 0 Å². The Balaban J connectivity index is 2.10. The summed E-state index contributed by atoms with van der Waals surface area (Å²) in [4.78, 5) is 3.95. The van der Waals surface area contributed by atoms with Crippen LogP contribution in [-0.2, 0) is 13.5 Å². The maximum Gasteiger partial charge on any atom is 0.0997 e. The highest BCUT2D eigenvalue weighted by Gasteiger charge is 2.12. The molecule has 2 aromatic heterocycles. The summed E-state index contributed by atoms with van der Waals surface area (Å²) in [5, 5.41) is 9.86. The molecule has 0 saturated carbocycles. The van der Waals surface area contributed by atoms with Gasteiger partial charge in [0.2, 0.25) is 0 Å². The molecule has 4 heteroatoms. The number of aliphatic hydroxyl groups excluding tert-OH is 1. The average molecular weight is 192 g/mol. The van der Waals surface area contributed by atoms with E-state index in [9.17, 15) is 5.11 Å². The van der Waals surface area contributed by atoms with Crippen LogP contribution in [0.25, 0.3) is 0 Å². The predicted octanol–water partition coefficient (Wildman–Crippen LogP) is 1.29. The van der Waals surface area contributed by atoms with Gasteiger partial charge in [-0.2, -0.15) is 0 Å². The maximum absolute atomic E-state index is 9.86. The molecule has 1 N–H and O–H groups in total. The van der Waals surface area contributed by atoms with Gasteiger partial charge in [0.05, 0.1) is 36.8 Å². The van der Waals surface area contributed by atoms with Crippen molar-refractivity contribution >= 4 is 0 Å². The Morgan fingerprint density at radius 1 is 1.64 bits per heavy atom. The van der Waals surface area contributed by atoms with E-state index in [1.807, 2.05) is 17.7 Å². The first-order valence-electron chi connectivity index (χ1n) is 4.42. The third-order valence-electron chi connectivity index (χ3n) is 2.20.